The van der Waals surface area contributed by atoms with Gasteiger partial charge in [-0.1, -0.05) is 12.1 Å². The van der Waals surface area contributed by atoms with Crippen LogP contribution in [0, 0.1) is 0 Å². The van der Waals surface area contributed by atoms with E-state index in [0.29, 0.717) is 25.7 Å². The second-order valence-corrected chi connectivity index (χ2v) is 8.87. The van der Waals surface area contributed by atoms with E-state index in [4.69, 9.17) is 4.74 Å². The number of hydrogen-bond donors (Lipinski definition) is 3. The maximum atomic E-state index is 12.4. The lowest BCUT2D eigenvalue weighted by Crippen LogP contribution is -2.37. The Morgan fingerprint density at radius 3 is 2.80 bits per heavy atom. The van der Waals surface area contributed by atoms with Crippen molar-refractivity contribution in [1.82, 2.24) is 25.1 Å². The zero-order chi connectivity index (χ0) is 21.2. The molecule has 0 bridgehead atoms. The number of guanidine groups is 1. The normalized spacial score (nSPS) is 17.2. The van der Waals surface area contributed by atoms with Crippen LogP contribution in [-0.2, 0) is 27.8 Å². The average molecular weight is 435 g/mol. The van der Waals surface area contributed by atoms with Gasteiger partial charge in [-0.2, -0.15) is 5.10 Å². The number of aliphatic imine (C=N–C) groups is 1. The van der Waals surface area contributed by atoms with E-state index >= 15 is 0 Å². The number of aryl methyl sites for hydroxylation is 1. The first-order valence-corrected chi connectivity index (χ1v) is 11.7. The van der Waals surface area contributed by atoms with Crippen molar-refractivity contribution in [2.75, 3.05) is 26.7 Å². The molecular weight excluding hydrogens is 404 g/mol. The molecule has 0 saturated carbocycles. The highest BCUT2D eigenvalue weighted by atomic mass is 32.2. The summed E-state index contributed by atoms with van der Waals surface area (Å²) in [6, 6.07) is 8.76. The molecule has 1 aliphatic heterocycles. The monoisotopic (exact) mass is 434 g/mol. The van der Waals surface area contributed by atoms with Gasteiger partial charge in [-0.15, -0.1) is 0 Å². The molecule has 0 aliphatic carbocycles. The molecule has 164 valence electrons. The molecule has 9 nitrogen and oxygen atoms in total. The molecule has 1 saturated heterocycles. The lowest BCUT2D eigenvalue weighted by Gasteiger charge is -2.13. The fraction of sp³-hybridized carbons (Fsp3) is 0.500. The van der Waals surface area contributed by atoms with Crippen LogP contribution in [0.4, 0.5) is 0 Å². The molecule has 0 amide bonds. The Kier molecular flexibility index (Phi) is 8.23. The van der Waals surface area contributed by atoms with Crippen LogP contribution in [0.3, 0.4) is 0 Å². The summed E-state index contributed by atoms with van der Waals surface area (Å²) in [5, 5.41) is 10.7. The Bertz CT molecular complexity index is 891. The van der Waals surface area contributed by atoms with Gasteiger partial charge >= 0.3 is 0 Å². The van der Waals surface area contributed by atoms with Gasteiger partial charge in [0.2, 0.25) is 10.0 Å². The largest absolute Gasteiger partial charge is 0.377 e. The highest BCUT2D eigenvalue weighted by molar-refractivity contribution is 7.89. The van der Waals surface area contributed by atoms with Crippen molar-refractivity contribution < 1.29 is 13.2 Å². The van der Waals surface area contributed by atoms with Crippen molar-refractivity contribution in [2.24, 2.45) is 4.99 Å². The molecule has 1 aromatic heterocycles. The molecule has 30 heavy (non-hydrogen) atoms. The van der Waals surface area contributed by atoms with Gasteiger partial charge in [0, 0.05) is 52.2 Å². The molecule has 1 atom stereocenters. The van der Waals surface area contributed by atoms with Crippen LogP contribution in [0.1, 0.15) is 24.8 Å². The van der Waals surface area contributed by atoms with Gasteiger partial charge in [-0.3, -0.25) is 9.67 Å². The first kappa shape index (κ1) is 22.3. The second-order valence-electron chi connectivity index (χ2n) is 7.11. The molecule has 10 heteroatoms. The van der Waals surface area contributed by atoms with Gasteiger partial charge in [-0.05, 0) is 43.0 Å². The van der Waals surface area contributed by atoms with Gasteiger partial charge < -0.3 is 15.4 Å². The van der Waals surface area contributed by atoms with Crippen molar-refractivity contribution in [3.05, 3.63) is 48.3 Å². The van der Waals surface area contributed by atoms with Crippen LogP contribution in [0.5, 0.6) is 0 Å². The molecule has 1 aliphatic rings. The molecule has 1 unspecified atom stereocenters. The standard InChI is InChI=1S/C20H30N6O3S/c1-21-20(22-10-3-12-26-13-4-11-24-26)23-15-17-6-8-19(9-7-17)30(27,28)25-16-18-5-2-14-29-18/h4,6-9,11,13,18,25H,2-3,5,10,12,14-16H2,1H3,(H2,21,22,23). The summed E-state index contributed by atoms with van der Waals surface area (Å²) in [6.07, 6.45) is 6.48. The quantitative estimate of drug-likeness (QED) is 0.293. The fourth-order valence-electron chi connectivity index (χ4n) is 3.16. The molecule has 3 rings (SSSR count). The third kappa shape index (κ3) is 6.82. The Balaban J connectivity index is 1.41. The predicted octanol–water partition coefficient (Wildman–Crippen LogP) is 1.10. The zero-order valence-corrected chi connectivity index (χ0v) is 18.1. The predicted molar refractivity (Wildman–Crippen MR) is 116 cm³/mol. The van der Waals surface area contributed by atoms with E-state index in [1.54, 1.807) is 37.5 Å². The van der Waals surface area contributed by atoms with Crippen LogP contribution in [-0.4, -0.2) is 57.0 Å². The van der Waals surface area contributed by atoms with Crippen molar-refractivity contribution in [3.8, 4) is 0 Å². The summed E-state index contributed by atoms with van der Waals surface area (Å²) in [5.41, 5.74) is 0.965. The third-order valence-corrected chi connectivity index (χ3v) is 6.30. The summed E-state index contributed by atoms with van der Waals surface area (Å²) in [5.74, 6) is 0.699. The number of ether oxygens (including phenoxy) is 1. The van der Waals surface area contributed by atoms with Gasteiger partial charge in [-0.25, -0.2) is 13.1 Å². The fourth-order valence-corrected chi connectivity index (χ4v) is 4.23. The Morgan fingerprint density at radius 2 is 2.13 bits per heavy atom. The van der Waals surface area contributed by atoms with E-state index < -0.39 is 10.0 Å². The van der Waals surface area contributed by atoms with Gasteiger partial charge in [0.15, 0.2) is 5.96 Å². The number of sulfonamides is 1. The first-order valence-electron chi connectivity index (χ1n) is 10.2. The van der Waals surface area contributed by atoms with Crippen molar-refractivity contribution in [3.63, 3.8) is 0 Å². The van der Waals surface area contributed by atoms with E-state index in [-0.39, 0.29) is 11.0 Å². The van der Waals surface area contributed by atoms with Crippen LogP contribution in [0.2, 0.25) is 0 Å². The Morgan fingerprint density at radius 1 is 1.30 bits per heavy atom. The Hall–Kier alpha value is -2.43. The second kappa shape index (κ2) is 11.1. The van der Waals surface area contributed by atoms with Gasteiger partial charge in [0.25, 0.3) is 0 Å². The van der Waals surface area contributed by atoms with Crippen molar-refractivity contribution in [2.45, 2.75) is 43.4 Å². The summed E-state index contributed by atoms with van der Waals surface area (Å²) >= 11 is 0. The topological polar surface area (TPSA) is 110 Å². The lowest BCUT2D eigenvalue weighted by atomic mass is 10.2. The van der Waals surface area contributed by atoms with E-state index in [2.05, 4.69) is 25.4 Å². The van der Waals surface area contributed by atoms with Crippen LogP contribution in [0.15, 0.2) is 52.6 Å². The highest BCUT2D eigenvalue weighted by Crippen LogP contribution is 2.14. The molecule has 0 radical (unpaired) electrons. The Labute approximate surface area is 178 Å². The number of aromatic nitrogens is 2. The van der Waals surface area contributed by atoms with Crippen LogP contribution >= 0.6 is 0 Å². The lowest BCUT2D eigenvalue weighted by molar-refractivity contribution is 0.114. The van der Waals surface area contributed by atoms with E-state index in [1.807, 2.05) is 16.9 Å². The molecular formula is C20H30N6O3S. The molecule has 0 spiro atoms. The first-order chi connectivity index (χ1) is 14.6. The maximum absolute atomic E-state index is 12.4. The minimum atomic E-state index is -3.53. The minimum absolute atomic E-state index is 0.0259. The molecule has 2 aromatic rings. The average Bonchev–Trinajstić information content (AvgIpc) is 3.46. The highest BCUT2D eigenvalue weighted by Gasteiger charge is 2.20. The van der Waals surface area contributed by atoms with Crippen molar-refractivity contribution >= 4 is 16.0 Å². The molecule has 1 fully saturated rings. The number of hydrogen-bond acceptors (Lipinski definition) is 5. The van der Waals surface area contributed by atoms with E-state index in [0.717, 1.165) is 37.9 Å². The van der Waals surface area contributed by atoms with Gasteiger partial charge in [0.1, 0.15) is 0 Å². The smallest absolute Gasteiger partial charge is 0.240 e. The van der Waals surface area contributed by atoms with E-state index in [9.17, 15) is 8.42 Å². The number of nitrogens with zero attached hydrogens (tertiary/aromatic N) is 3. The van der Waals surface area contributed by atoms with Crippen LogP contribution < -0.4 is 15.4 Å². The minimum Gasteiger partial charge on any atom is -0.377 e. The summed E-state index contributed by atoms with van der Waals surface area (Å²) in [4.78, 5) is 4.47. The maximum Gasteiger partial charge on any atom is 0.240 e. The molecule has 1 aromatic carbocycles. The zero-order valence-electron chi connectivity index (χ0n) is 17.3. The third-order valence-electron chi connectivity index (χ3n) is 4.86. The van der Waals surface area contributed by atoms with Crippen molar-refractivity contribution in [1.29, 1.82) is 0 Å². The number of benzene rings is 1. The summed E-state index contributed by atoms with van der Waals surface area (Å²) < 4.78 is 34.8. The summed E-state index contributed by atoms with van der Waals surface area (Å²) in [7, 11) is -1.81. The van der Waals surface area contributed by atoms with E-state index in [1.165, 1.54) is 0 Å². The molecule has 2 heterocycles. The van der Waals surface area contributed by atoms with Gasteiger partial charge in [0.05, 0.1) is 11.0 Å². The summed E-state index contributed by atoms with van der Waals surface area (Å²) in [6.45, 7) is 3.17. The number of nitrogens with one attached hydrogen (secondary N) is 3. The van der Waals surface area contributed by atoms with Crippen LogP contribution in [0.25, 0.3) is 0 Å². The SMILES string of the molecule is CN=C(NCCCn1cccn1)NCc1ccc(S(=O)(=O)NCC2CCCO2)cc1. The number of rotatable bonds is 10. The molecule has 3 N–H and O–H groups in total.